The van der Waals surface area contributed by atoms with Gasteiger partial charge in [-0.2, -0.15) is 0 Å². The van der Waals surface area contributed by atoms with Crippen molar-refractivity contribution in [2.45, 2.75) is 51.5 Å². The fraction of sp³-hybridized carbons (Fsp3) is 0.846. The van der Waals surface area contributed by atoms with Crippen LogP contribution in [0.1, 0.15) is 45.4 Å². The van der Waals surface area contributed by atoms with Gasteiger partial charge in [-0.05, 0) is 31.6 Å². The highest BCUT2D eigenvalue weighted by Crippen LogP contribution is 2.29. The fourth-order valence-electron chi connectivity index (χ4n) is 2.51. The van der Waals surface area contributed by atoms with Gasteiger partial charge >= 0.3 is 5.97 Å². The average Bonchev–Trinajstić information content (AvgIpc) is 2.37. The van der Waals surface area contributed by atoms with Gasteiger partial charge in [0.1, 0.15) is 0 Å². The van der Waals surface area contributed by atoms with Gasteiger partial charge in [-0.15, -0.1) is 0 Å². The molecule has 0 radical (unpaired) electrons. The largest absolute Gasteiger partial charge is 0.469 e. The van der Waals surface area contributed by atoms with Crippen molar-refractivity contribution in [3.63, 3.8) is 0 Å². The van der Waals surface area contributed by atoms with Gasteiger partial charge in [-0.1, -0.05) is 6.92 Å². The number of rotatable bonds is 4. The van der Waals surface area contributed by atoms with E-state index in [9.17, 15) is 9.59 Å². The summed E-state index contributed by atoms with van der Waals surface area (Å²) in [4.78, 5) is 24.6. The molecule has 4 nitrogen and oxygen atoms in total. The Labute approximate surface area is 103 Å². The van der Waals surface area contributed by atoms with Gasteiger partial charge in [0.2, 0.25) is 5.91 Å². The van der Waals surface area contributed by atoms with Crippen LogP contribution >= 0.6 is 0 Å². The number of amides is 1. The number of methoxy groups -OCH3 is 1. The van der Waals surface area contributed by atoms with Crippen LogP contribution in [0.4, 0.5) is 0 Å². The van der Waals surface area contributed by atoms with Gasteiger partial charge in [0, 0.05) is 25.9 Å². The highest BCUT2D eigenvalue weighted by Gasteiger charge is 2.27. The molecule has 0 saturated heterocycles. The highest BCUT2D eigenvalue weighted by atomic mass is 16.5. The van der Waals surface area contributed by atoms with Crippen LogP contribution in [0.5, 0.6) is 0 Å². The number of carbonyl (C=O) groups excluding carboxylic acids is 2. The van der Waals surface area contributed by atoms with Crippen LogP contribution in [-0.2, 0) is 14.3 Å². The maximum Gasteiger partial charge on any atom is 0.305 e. The molecule has 98 valence electrons. The van der Waals surface area contributed by atoms with Crippen LogP contribution in [0, 0.1) is 5.92 Å². The lowest BCUT2D eigenvalue weighted by molar-refractivity contribution is -0.142. The van der Waals surface area contributed by atoms with E-state index in [4.69, 9.17) is 0 Å². The zero-order valence-corrected chi connectivity index (χ0v) is 11.1. The van der Waals surface area contributed by atoms with Crippen molar-refractivity contribution in [1.82, 2.24) is 4.90 Å². The Balaban J connectivity index is 2.35. The van der Waals surface area contributed by atoms with Gasteiger partial charge in [0.05, 0.1) is 7.11 Å². The summed E-state index contributed by atoms with van der Waals surface area (Å²) >= 11 is 0. The Morgan fingerprint density at radius 2 is 1.82 bits per heavy atom. The molecule has 0 bridgehead atoms. The Bertz CT molecular complexity index is 270. The Morgan fingerprint density at radius 1 is 1.24 bits per heavy atom. The van der Waals surface area contributed by atoms with Gasteiger partial charge in [0.25, 0.3) is 0 Å². The number of hydrogen-bond donors (Lipinski definition) is 0. The average molecular weight is 241 g/mol. The zero-order valence-electron chi connectivity index (χ0n) is 11.1. The summed E-state index contributed by atoms with van der Waals surface area (Å²) in [5.41, 5.74) is 0. The van der Waals surface area contributed by atoms with Crippen molar-refractivity contribution in [3.8, 4) is 0 Å². The third kappa shape index (κ3) is 4.02. The Morgan fingerprint density at radius 3 is 2.29 bits per heavy atom. The molecule has 1 fully saturated rings. The first-order valence-electron chi connectivity index (χ1n) is 6.41. The first kappa shape index (κ1) is 14.0. The van der Waals surface area contributed by atoms with E-state index in [2.05, 4.69) is 4.74 Å². The minimum atomic E-state index is -0.119. The smallest absolute Gasteiger partial charge is 0.305 e. The van der Waals surface area contributed by atoms with Crippen molar-refractivity contribution >= 4 is 11.9 Å². The third-order valence-electron chi connectivity index (χ3n) is 3.74. The van der Waals surface area contributed by atoms with E-state index in [0.29, 0.717) is 24.8 Å². The predicted molar refractivity (Wildman–Crippen MR) is 65.4 cm³/mol. The summed E-state index contributed by atoms with van der Waals surface area (Å²) < 4.78 is 4.68. The van der Waals surface area contributed by atoms with Crippen LogP contribution < -0.4 is 0 Å². The van der Waals surface area contributed by atoms with E-state index < -0.39 is 0 Å². The van der Waals surface area contributed by atoms with E-state index >= 15 is 0 Å². The molecule has 17 heavy (non-hydrogen) atoms. The van der Waals surface area contributed by atoms with Gasteiger partial charge in [-0.25, -0.2) is 0 Å². The molecule has 0 aromatic heterocycles. The van der Waals surface area contributed by atoms with Gasteiger partial charge < -0.3 is 9.64 Å². The Kier molecular flexibility index (Phi) is 5.45. The summed E-state index contributed by atoms with van der Waals surface area (Å²) in [6.45, 7) is 1.89. The first-order chi connectivity index (χ1) is 8.08. The Hall–Kier alpha value is -1.06. The zero-order chi connectivity index (χ0) is 12.8. The van der Waals surface area contributed by atoms with Crippen molar-refractivity contribution < 1.29 is 14.3 Å². The standard InChI is InChI=1S/C13H23NO3/c1-4-12(15)14(2)11-7-5-10(6-8-11)9-13(16)17-3/h10-11H,4-9H2,1-3H3. The second-order valence-corrected chi connectivity index (χ2v) is 4.81. The van der Waals surface area contributed by atoms with E-state index in [1.807, 2.05) is 18.9 Å². The van der Waals surface area contributed by atoms with Crippen LogP contribution in [0.25, 0.3) is 0 Å². The molecule has 0 heterocycles. The molecule has 0 aliphatic heterocycles. The van der Waals surface area contributed by atoms with E-state index in [1.165, 1.54) is 7.11 Å². The van der Waals surface area contributed by atoms with Gasteiger partial charge in [-0.3, -0.25) is 9.59 Å². The second-order valence-electron chi connectivity index (χ2n) is 4.81. The third-order valence-corrected chi connectivity index (χ3v) is 3.74. The topological polar surface area (TPSA) is 46.6 Å². The van der Waals surface area contributed by atoms with Crippen LogP contribution in [-0.4, -0.2) is 37.0 Å². The lowest BCUT2D eigenvalue weighted by Crippen LogP contribution is -2.39. The first-order valence-corrected chi connectivity index (χ1v) is 6.41. The van der Waals surface area contributed by atoms with E-state index in [1.54, 1.807) is 0 Å². The number of ether oxygens (including phenoxy) is 1. The summed E-state index contributed by atoms with van der Waals surface area (Å²) in [6, 6.07) is 0.358. The SMILES string of the molecule is CCC(=O)N(C)C1CCC(CC(=O)OC)CC1. The maximum absolute atomic E-state index is 11.6. The van der Waals surface area contributed by atoms with E-state index in [-0.39, 0.29) is 11.9 Å². The van der Waals surface area contributed by atoms with Crippen molar-refractivity contribution in [1.29, 1.82) is 0 Å². The van der Waals surface area contributed by atoms with Crippen molar-refractivity contribution in [2.75, 3.05) is 14.2 Å². The van der Waals surface area contributed by atoms with Crippen LogP contribution in [0.2, 0.25) is 0 Å². The van der Waals surface area contributed by atoms with Crippen LogP contribution in [0.15, 0.2) is 0 Å². The molecule has 1 aliphatic carbocycles. The lowest BCUT2D eigenvalue weighted by Gasteiger charge is -2.34. The quantitative estimate of drug-likeness (QED) is 0.707. The molecule has 0 aromatic rings. The number of nitrogens with zero attached hydrogens (tertiary/aromatic N) is 1. The molecule has 0 aromatic carbocycles. The second kappa shape index (κ2) is 6.62. The molecule has 0 unspecified atom stereocenters. The monoisotopic (exact) mass is 241 g/mol. The molecule has 1 rings (SSSR count). The lowest BCUT2D eigenvalue weighted by atomic mass is 9.83. The molecule has 1 aliphatic rings. The number of hydrogen-bond acceptors (Lipinski definition) is 3. The summed E-state index contributed by atoms with van der Waals surface area (Å²) in [5.74, 6) is 0.525. The maximum atomic E-state index is 11.6. The summed E-state index contributed by atoms with van der Waals surface area (Å²) in [7, 11) is 3.32. The number of esters is 1. The molecular weight excluding hydrogens is 218 g/mol. The highest BCUT2D eigenvalue weighted by molar-refractivity contribution is 5.75. The molecular formula is C13H23NO3. The summed E-state index contributed by atoms with van der Waals surface area (Å²) in [5, 5.41) is 0. The molecule has 0 atom stereocenters. The van der Waals surface area contributed by atoms with Crippen LogP contribution in [0.3, 0.4) is 0 Å². The minimum absolute atomic E-state index is 0.119. The fourth-order valence-corrected chi connectivity index (χ4v) is 2.51. The van der Waals surface area contributed by atoms with Gasteiger partial charge in [0.15, 0.2) is 0 Å². The molecule has 0 N–H and O–H groups in total. The van der Waals surface area contributed by atoms with Crippen molar-refractivity contribution in [3.05, 3.63) is 0 Å². The summed E-state index contributed by atoms with van der Waals surface area (Å²) in [6.07, 6.45) is 5.13. The molecule has 4 heteroatoms. The minimum Gasteiger partial charge on any atom is -0.469 e. The number of carbonyl (C=O) groups is 2. The molecule has 1 amide bonds. The molecule has 1 saturated carbocycles. The van der Waals surface area contributed by atoms with E-state index in [0.717, 1.165) is 25.7 Å². The molecule has 0 spiro atoms. The normalized spacial score (nSPS) is 24.2. The predicted octanol–water partition coefficient (Wildman–Crippen LogP) is 1.98. The van der Waals surface area contributed by atoms with Crippen molar-refractivity contribution in [2.24, 2.45) is 5.92 Å².